The van der Waals surface area contributed by atoms with Gasteiger partial charge in [-0.3, -0.25) is 0 Å². The highest BCUT2D eigenvalue weighted by Gasteiger charge is 2.22. The molecule has 1 aromatic rings. The van der Waals surface area contributed by atoms with Crippen LogP contribution in [-0.2, 0) is 11.4 Å². The van der Waals surface area contributed by atoms with Crippen LogP contribution in [0.5, 0.6) is 17.2 Å². The molecule has 1 aliphatic heterocycles. The molecule has 0 aliphatic carbocycles. The summed E-state index contributed by atoms with van der Waals surface area (Å²) >= 11 is 5.90. The van der Waals surface area contributed by atoms with Gasteiger partial charge in [0.05, 0.1) is 7.11 Å². The second-order valence-corrected chi connectivity index (χ2v) is 3.34. The monoisotopic (exact) mass is 231 g/mol. The van der Waals surface area contributed by atoms with Crippen LogP contribution in [-0.4, -0.2) is 19.0 Å². The summed E-state index contributed by atoms with van der Waals surface area (Å²) < 4.78 is 10.3. The zero-order chi connectivity index (χ0) is 10.8. The zero-order valence-corrected chi connectivity index (χ0v) is 8.80. The van der Waals surface area contributed by atoms with Crippen LogP contribution in [0.15, 0.2) is 6.07 Å². The van der Waals surface area contributed by atoms with Crippen LogP contribution in [0.4, 0.5) is 0 Å². The Balaban J connectivity index is 2.36. The maximum atomic E-state index is 9.73. The molecule has 0 radical (unpaired) electrons. The van der Waals surface area contributed by atoms with Crippen molar-refractivity contribution in [3.8, 4) is 17.2 Å². The lowest BCUT2D eigenvalue weighted by Gasteiger charge is -2.08. The lowest BCUT2D eigenvalue weighted by Crippen LogP contribution is -2.10. The fraction of sp³-hybridized carbons (Fsp3) is 0.333. The van der Waals surface area contributed by atoms with E-state index in [1.54, 1.807) is 6.07 Å². The number of ether oxygens (including phenoxy) is 2. The first-order valence-electron chi connectivity index (χ1n) is 4.30. The van der Waals surface area contributed by atoms with Gasteiger partial charge in [0.25, 0.3) is 0 Å². The quantitative estimate of drug-likeness (QED) is 0.771. The summed E-state index contributed by atoms with van der Waals surface area (Å²) in [6, 6.07) is 1.66. The largest absolute Gasteiger partial charge is 0.506 e. The maximum Gasteiger partial charge on any atom is 0.231 e. The van der Waals surface area contributed by atoms with Gasteiger partial charge in [-0.25, -0.2) is 0 Å². The van der Waals surface area contributed by atoms with Crippen molar-refractivity contribution in [2.45, 2.75) is 6.54 Å². The van der Waals surface area contributed by atoms with E-state index in [0.29, 0.717) is 23.6 Å². The SMILES string of the molecule is CONCc1cc2c(c(Cl)c1O)OCO2. The summed E-state index contributed by atoms with van der Waals surface area (Å²) in [4.78, 5) is 4.68. The van der Waals surface area contributed by atoms with Gasteiger partial charge in [0.1, 0.15) is 10.8 Å². The molecule has 0 saturated carbocycles. The van der Waals surface area contributed by atoms with E-state index in [-0.39, 0.29) is 17.6 Å². The normalized spacial score (nSPS) is 13.2. The number of benzene rings is 1. The van der Waals surface area contributed by atoms with Crippen molar-refractivity contribution in [2.24, 2.45) is 0 Å². The van der Waals surface area contributed by atoms with E-state index in [0.717, 1.165) is 0 Å². The van der Waals surface area contributed by atoms with Gasteiger partial charge in [0, 0.05) is 12.1 Å². The molecule has 6 heteroatoms. The molecule has 0 unspecified atom stereocenters. The first-order chi connectivity index (χ1) is 7.24. The van der Waals surface area contributed by atoms with Gasteiger partial charge in [-0.15, -0.1) is 0 Å². The number of phenolic OH excluding ortho intramolecular Hbond substituents is 1. The van der Waals surface area contributed by atoms with E-state index in [4.69, 9.17) is 21.1 Å². The molecular formula is C9H10ClNO4. The van der Waals surface area contributed by atoms with E-state index in [9.17, 15) is 5.11 Å². The molecule has 0 amide bonds. The van der Waals surface area contributed by atoms with Crippen molar-refractivity contribution < 1.29 is 19.4 Å². The number of hydrogen-bond donors (Lipinski definition) is 2. The first-order valence-corrected chi connectivity index (χ1v) is 4.67. The minimum atomic E-state index is -0.0227. The van der Waals surface area contributed by atoms with Gasteiger partial charge >= 0.3 is 0 Å². The Morgan fingerprint density at radius 1 is 1.60 bits per heavy atom. The van der Waals surface area contributed by atoms with Crippen LogP contribution in [0.2, 0.25) is 5.02 Å². The first kappa shape index (κ1) is 10.4. The molecular weight excluding hydrogens is 222 g/mol. The van der Waals surface area contributed by atoms with E-state index in [2.05, 4.69) is 10.3 Å². The Hall–Kier alpha value is -1.17. The Labute approximate surface area is 91.5 Å². The third-order valence-electron chi connectivity index (χ3n) is 2.07. The van der Waals surface area contributed by atoms with Crippen molar-refractivity contribution in [2.75, 3.05) is 13.9 Å². The number of nitrogens with one attached hydrogen (secondary N) is 1. The molecule has 5 nitrogen and oxygen atoms in total. The van der Waals surface area contributed by atoms with Crippen LogP contribution in [0.1, 0.15) is 5.56 Å². The van der Waals surface area contributed by atoms with Gasteiger partial charge in [-0.1, -0.05) is 11.6 Å². The third kappa shape index (κ3) is 1.81. The summed E-state index contributed by atoms with van der Waals surface area (Å²) in [7, 11) is 1.49. The summed E-state index contributed by atoms with van der Waals surface area (Å²) in [6.45, 7) is 0.453. The highest BCUT2D eigenvalue weighted by molar-refractivity contribution is 6.34. The molecule has 0 bridgehead atoms. The second kappa shape index (κ2) is 4.14. The topological polar surface area (TPSA) is 60.0 Å². The number of aromatic hydroxyl groups is 1. The van der Waals surface area contributed by atoms with Crippen LogP contribution >= 0.6 is 11.6 Å². The number of rotatable bonds is 3. The molecule has 0 saturated heterocycles. The lowest BCUT2D eigenvalue weighted by molar-refractivity contribution is 0.0861. The van der Waals surface area contributed by atoms with E-state index in [1.807, 2.05) is 0 Å². The van der Waals surface area contributed by atoms with Crippen molar-refractivity contribution >= 4 is 11.6 Å². The Morgan fingerprint density at radius 2 is 2.40 bits per heavy atom. The highest BCUT2D eigenvalue weighted by Crippen LogP contribution is 2.45. The summed E-state index contributed by atoms with van der Waals surface area (Å²) in [5.74, 6) is 0.895. The molecule has 2 rings (SSSR count). The minimum Gasteiger partial charge on any atom is -0.506 e. The molecule has 82 valence electrons. The standard InChI is InChI=1S/C9H10ClNO4/c1-13-11-3-5-2-6-9(15-4-14-6)7(10)8(5)12/h2,11-12H,3-4H2,1H3. The van der Waals surface area contributed by atoms with Crippen LogP contribution in [0.25, 0.3) is 0 Å². The van der Waals surface area contributed by atoms with Crippen LogP contribution < -0.4 is 15.0 Å². The minimum absolute atomic E-state index is 0.0227. The molecule has 0 aromatic heterocycles. The van der Waals surface area contributed by atoms with Crippen molar-refractivity contribution in [1.82, 2.24) is 5.48 Å². The van der Waals surface area contributed by atoms with Crippen LogP contribution in [0, 0.1) is 0 Å². The molecule has 1 aliphatic rings. The smallest absolute Gasteiger partial charge is 0.231 e. The Kier molecular flexibility index (Phi) is 2.86. The molecule has 2 N–H and O–H groups in total. The number of phenols is 1. The zero-order valence-electron chi connectivity index (χ0n) is 8.04. The van der Waals surface area contributed by atoms with Gasteiger partial charge in [0.2, 0.25) is 6.79 Å². The van der Waals surface area contributed by atoms with Crippen molar-refractivity contribution in [3.05, 3.63) is 16.7 Å². The molecule has 0 atom stereocenters. The van der Waals surface area contributed by atoms with Gasteiger partial charge in [0.15, 0.2) is 11.5 Å². The van der Waals surface area contributed by atoms with Gasteiger partial charge in [-0.2, -0.15) is 5.48 Å². The molecule has 1 aromatic carbocycles. The van der Waals surface area contributed by atoms with Crippen LogP contribution in [0.3, 0.4) is 0 Å². The number of hydroxylamine groups is 1. The summed E-state index contributed by atoms with van der Waals surface area (Å²) in [5, 5.41) is 9.89. The number of fused-ring (bicyclic) bond motifs is 1. The Bertz CT molecular complexity index is 383. The van der Waals surface area contributed by atoms with E-state index >= 15 is 0 Å². The fourth-order valence-electron chi connectivity index (χ4n) is 1.33. The maximum absolute atomic E-state index is 9.73. The predicted molar refractivity (Wildman–Crippen MR) is 53.1 cm³/mol. The molecule has 1 heterocycles. The second-order valence-electron chi connectivity index (χ2n) is 2.96. The number of halogens is 1. The molecule has 0 spiro atoms. The molecule has 0 fully saturated rings. The van der Waals surface area contributed by atoms with Crippen molar-refractivity contribution in [3.63, 3.8) is 0 Å². The molecule has 15 heavy (non-hydrogen) atoms. The average Bonchev–Trinajstić information content (AvgIpc) is 2.69. The van der Waals surface area contributed by atoms with Gasteiger partial charge < -0.3 is 19.4 Å². The Morgan fingerprint density at radius 3 is 3.13 bits per heavy atom. The third-order valence-corrected chi connectivity index (χ3v) is 2.42. The summed E-state index contributed by atoms with van der Waals surface area (Å²) in [5.41, 5.74) is 3.20. The van der Waals surface area contributed by atoms with Crippen molar-refractivity contribution in [1.29, 1.82) is 0 Å². The predicted octanol–water partition coefficient (Wildman–Crippen LogP) is 1.43. The summed E-state index contributed by atoms with van der Waals surface area (Å²) in [6.07, 6.45) is 0. The highest BCUT2D eigenvalue weighted by atomic mass is 35.5. The number of hydrogen-bond acceptors (Lipinski definition) is 5. The van der Waals surface area contributed by atoms with E-state index in [1.165, 1.54) is 7.11 Å². The van der Waals surface area contributed by atoms with E-state index < -0.39 is 0 Å². The average molecular weight is 232 g/mol. The van der Waals surface area contributed by atoms with Gasteiger partial charge in [-0.05, 0) is 6.07 Å². The fourth-order valence-corrected chi connectivity index (χ4v) is 1.60. The lowest BCUT2D eigenvalue weighted by atomic mass is 10.2.